The number of benzene rings is 1. The van der Waals surface area contributed by atoms with E-state index in [4.69, 9.17) is 5.26 Å². The number of halogens is 1. The van der Waals surface area contributed by atoms with E-state index in [-0.39, 0.29) is 29.4 Å². The van der Waals surface area contributed by atoms with Gasteiger partial charge in [0.2, 0.25) is 10.0 Å². The fourth-order valence-electron chi connectivity index (χ4n) is 2.40. The third kappa shape index (κ3) is 4.17. The van der Waals surface area contributed by atoms with Crippen LogP contribution in [0.15, 0.2) is 23.1 Å². The van der Waals surface area contributed by atoms with Crippen molar-refractivity contribution in [3.8, 4) is 6.07 Å². The number of piperidine rings is 1. The average molecular weight is 330 g/mol. The molecule has 1 aromatic carbocycles. The largest absolute Gasteiger partial charge is 0.313 e. The van der Waals surface area contributed by atoms with Crippen LogP contribution in [0.1, 0.15) is 30.9 Å². The lowest BCUT2D eigenvalue weighted by Crippen LogP contribution is -2.51. The lowest BCUT2D eigenvalue weighted by Gasteiger charge is -2.30. The summed E-state index contributed by atoms with van der Waals surface area (Å²) in [7, 11) is -3.54. The molecule has 0 aliphatic carbocycles. The second-order valence-electron chi connectivity index (χ2n) is 5.20. The Kier molecular flexibility index (Phi) is 6.17. The highest BCUT2D eigenvalue weighted by Crippen LogP contribution is 2.17. The van der Waals surface area contributed by atoms with Crippen molar-refractivity contribution in [3.63, 3.8) is 0 Å². The van der Waals surface area contributed by atoms with Crippen molar-refractivity contribution in [2.75, 3.05) is 6.54 Å². The molecule has 116 valence electrons. The summed E-state index contributed by atoms with van der Waals surface area (Å²) in [5.41, 5.74) is 1.17. The molecule has 2 atom stereocenters. The van der Waals surface area contributed by atoms with Crippen LogP contribution in [0.5, 0.6) is 0 Å². The lowest BCUT2D eigenvalue weighted by molar-refractivity contribution is 0.349. The second-order valence-corrected chi connectivity index (χ2v) is 6.92. The van der Waals surface area contributed by atoms with Gasteiger partial charge in [-0.1, -0.05) is 0 Å². The van der Waals surface area contributed by atoms with Gasteiger partial charge in [-0.05, 0) is 57.0 Å². The van der Waals surface area contributed by atoms with Crippen LogP contribution in [-0.2, 0) is 10.0 Å². The lowest BCUT2D eigenvalue weighted by atomic mass is 10.0. The molecule has 0 radical (unpaired) electrons. The minimum Gasteiger partial charge on any atom is -0.313 e. The molecular formula is C14H20ClN3O2S. The van der Waals surface area contributed by atoms with Gasteiger partial charge in [0.15, 0.2) is 0 Å². The van der Waals surface area contributed by atoms with E-state index in [1.54, 1.807) is 19.1 Å². The van der Waals surface area contributed by atoms with Crippen LogP contribution in [0.2, 0.25) is 0 Å². The number of nitrogens with one attached hydrogen (secondary N) is 2. The zero-order chi connectivity index (χ0) is 14.8. The summed E-state index contributed by atoms with van der Waals surface area (Å²) in [6, 6.07) is 6.64. The Labute approximate surface area is 132 Å². The molecule has 5 nitrogen and oxygen atoms in total. The van der Waals surface area contributed by atoms with E-state index >= 15 is 0 Å². The van der Waals surface area contributed by atoms with Gasteiger partial charge in [0.1, 0.15) is 0 Å². The minimum atomic E-state index is -3.54. The van der Waals surface area contributed by atoms with Gasteiger partial charge in [-0.3, -0.25) is 0 Å². The van der Waals surface area contributed by atoms with E-state index in [2.05, 4.69) is 10.0 Å². The van der Waals surface area contributed by atoms with Gasteiger partial charge in [0, 0.05) is 12.1 Å². The van der Waals surface area contributed by atoms with Gasteiger partial charge in [-0.25, -0.2) is 13.1 Å². The summed E-state index contributed by atoms with van der Waals surface area (Å²) < 4.78 is 27.5. The van der Waals surface area contributed by atoms with Gasteiger partial charge in [0.25, 0.3) is 0 Å². The Balaban J connectivity index is 0.00000220. The molecule has 2 N–H and O–H groups in total. The van der Waals surface area contributed by atoms with Gasteiger partial charge in [-0.15, -0.1) is 12.4 Å². The van der Waals surface area contributed by atoms with E-state index in [9.17, 15) is 8.42 Å². The maximum absolute atomic E-state index is 12.4. The highest BCUT2D eigenvalue weighted by Gasteiger charge is 2.26. The highest BCUT2D eigenvalue weighted by molar-refractivity contribution is 7.89. The van der Waals surface area contributed by atoms with Crippen LogP contribution >= 0.6 is 12.4 Å². The molecule has 0 spiro atoms. The van der Waals surface area contributed by atoms with Gasteiger partial charge < -0.3 is 5.32 Å². The maximum atomic E-state index is 12.4. The zero-order valence-electron chi connectivity index (χ0n) is 12.1. The molecule has 0 aromatic heterocycles. The number of hydrogen-bond acceptors (Lipinski definition) is 4. The zero-order valence-corrected chi connectivity index (χ0v) is 13.7. The first-order chi connectivity index (χ1) is 9.44. The van der Waals surface area contributed by atoms with Crippen molar-refractivity contribution >= 4 is 22.4 Å². The Morgan fingerprint density at radius 2 is 2.14 bits per heavy atom. The molecule has 2 unspecified atom stereocenters. The van der Waals surface area contributed by atoms with Crippen molar-refractivity contribution < 1.29 is 8.42 Å². The molecule has 1 aliphatic rings. The third-order valence-electron chi connectivity index (χ3n) is 3.70. The summed E-state index contributed by atoms with van der Waals surface area (Å²) >= 11 is 0. The van der Waals surface area contributed by atoms with E-state index in [1.165, 1.54) is 6.07 Å². The molecule has 2 rings (SSSR count). The molecule has 21 heavy (non-hydrogen) atoms. The van der Waals surface area contributed by atoms with E-state index < -0.39 is 10.0 Å². The van der Waals surface area contributed by atoms with Gasteiger partial charge in [-0.2, -0.15) is 5.26 Å². The monoisotopic (exact) mass is 329 g/mol. The Morgan fingerprint density at radius 3 is 2.71 bits per heavy atom. The van der Waals surface area contributed by atoms with Crippen LogP contribution < -0.4 is 10.0 Å². The van der Waals surface area contributed by atoms with E-state index in [0.29, 0.717) is 11.1 Å². The fraction of sp³-hybridized carbons (Fsp3) is 0.500. The van der Waals surface area contributed by atoms with Crippen LogP contribution in [0.25, 0.3) is 0 Å². The summed E-state index contributed by atoms with van der Waals surface area (Å²) in [5, 5.41) is 12.2. The van der Waals surface area contributed by atoms with E-state index in [1.807, 2.05) is 13.0 Å². The van der Waals surface area contributed by atoms with Crippen molar-refractivity contribution in [2.45, 2.75) is 43.7 Å². The minimum absolute atomic E-state index is 0. The Hall–Kier alpha value is -1.13. The standard InChI is InChI=1S/C14H19N3O2S.ClH/c1-10-8-13(6-5-12(10)9-15)20(18,19)17-14-4-3-7-16-11(14)2;/h5-6,8,11,14,16-17H,3-4,7H2,1-2H3;1H. The molecule has 1 aromatic rings. The smallest absolute Gasteiger partial charge is 0.240 e. The van der Waals surface area contributed by atoms with Crippen molar-refractivity contribution in [1.82, 2.24) is 10.0 Å². The summed E-state index contributed by atoms with van der Waals surface area (Å²) in [5.74, 6) is 0. The predicted octanol–water partition coefficient (Wildman–Crippen LogP) is 1.71. The first-order valence-electron chi connectivity index (χ1n) is 6.70. The molecule has 1 fully saturated rings. The first kappa shape index (κ1) is 17.9. The van der Waals surface area contributed by atoms with Crippen LogP contribution in [-0.4, -0.2) is 27.0 Å². The average Bonchev–Trinajstić information content (AvgIpc) is 2.41. The highest BCUT2D eigenvalue weighted by atomic mass is 35.5. The van der Waals surface area contributed by atoms with Crippen molar-refractivity contribution in [2.24, 2.45) is 0 Å². The molecule has 7 heteroatoms. The molecule has 1 saturated heterocycles. The van der Waals surface area contributed by atoms with Crippen LogP contribution in [0.3, 0.4) is 0 Å². The Morgan fingerprint density at radius 1 is 1.43 bits per heavy atom. The van der Waals surface area contributed by atoms with Gasteiger partial charge >= 0.3 is 0 Å². The van der Waals surface area contributed by atoms with Crippen LogP contribution in [0.4, 0.5) is 0 Å². The van der Waals surface area contributed by atoms with E-state index in [0.717, 1.165) is 19.4 Å². The normalized spacial score (nSPS) is 22.1. The van der Waals surface area contributed by atoms with Crippen LogP contribution in [0, 0.1) is 18.3 Å². The molecule has 0 saturated carbocycles. The molecule has 1 heterocycles. The predicted molar refractivity (Wildman–Crippen MR) is 84.0 cm³/mol. The molecule has 0 amide bonds. The summed E-state index contributed by atoms with van der Waals surface area (Å²) in [4.78, 5) is 0.215. The third-order valence-corrected chi connectivity index (χ3v) is 5.18. The SMILES string of the molecule is Cc1cc(S(=O)(=O)NC2CCCNC2C)ccc1C#N.Cl. The maximum Gasteiger partial charge on any atom is 0.240 e. The molecule has 0 bridgehead atoms. The number of rotatable bonds is 3. The topological polar surface area (TPSA) is 82.0 Å². The Bertz CT molecular complexity index is 640. The second kappa shape index (κ2) is 7.23. The molecular weight excluding hydrogens is 310 g/mol. The first-order valence-corrected chi connectivity index (χ1v) is 8.19. The number of nitriles is 1. The molecule has 1 aliphatic heterocycles. The number of hydrogen-bond donors (Lipinski definition) is 2. The quantitative estimate of drug-likeness (QED) is 0.884. The fourth-order valence-corrected chi connectivity index (χ4v) is 3.84. The van der Waals surface area contributed by atoms with Gasteiger partial charge in [0.05, 0.1) is 16.5 Å². The summed E-state index contributed by atoms with van der Waals surface area (Å²) in [6.07, 6.45) is 1.80. The van der Waals surface area contributed by atoms with Crippen molar-refractivity contribution in [1.29, 1.82) is 5.26 Å². The summed E-state index contributed by atoms with van der Waals surface area (Å²) in [6.45, 7) is 4.65. The number of aryl methyl sites for hydroxylation is 1. The number of nitrogens with zero attached hydrogens (tertiary/aromatic N) is 1. The van der Waals surface area contributed by atoms with Crippen molar-refractivity contribution in [3.05, 3.63) is 29.3 Å². The number of sulfonamides is 1.